The smallest absolute Gasteiger partial charge is 0.237 e. The number of primary amides is 1. The molecule has 0 spiro atoms. The lowest BCUT2D eigenvalue weighted by atomic mass is 10.3. The van der Waals surface area contributed by atoms with Gasteiger partial charge in [-0.25, -0.2) is 0 Å². The van der Waals surface area contributed by atoms with Crippen LogP contribution in [0.3, 0.4) is 0 Å². The third kappa shape index (κ3) is 5.11. The van der Waals surface area contributed by atoms with Crippen molar-refractivity contribution in [2.45, 2.75) is 30.3 Å². The van der Waals surface area contributed by atoms with Crippen molar-refractivity contribution in [1.29, 1.82) is 0 Å². The fourth-order valence-electron chi connectivity index (χ4n) is 2.43. The van der Waals surface area contributed by atoms with Crippen LogP contribution in [0.25, 0.3) is 11.6 Å². The Morgan fingerprint density at radius 2 is 2.07 bits per heavy atom. The van der Waals surface area contributed by atoms with E-state index in [0.717, 1.165) is 0 Å². The van der Waals surface area contributed by atoms with Crippen LogP contribution in [0.1, 0.15) is 13.3 Å². The Balaban J connectivity index is 1.78. The molecular weight excluding hydrogens is 437 g/mol. The molecule has 0 saturated carbocycles. The molecule has 29 heavy (non-hydrogen) atoms. The topological polar surface area (TPSA) is 116 Å². The number of nitrogens with zero attached hydrogens (tertiary/aromatic N) is 3. The van der Waals surface area contributed by atoms with Crippen LogP contribution in [0.4, 0.5) is 5.69 Å². The minimum atomic E-state index is -0.536. The molecule has 0 saturated heterocycles. The van der Waals surface area contributed by atoms with Crippen LogP contribution in [0, 0.1) is 0 Å². The van der Waals surface area contributed by atoms with Crippen LogP contribution in [0.2, 0.25) is 10.0 Å². The van der Waals surface area contributed by atoms with E-state index in [2.05, 4.69) is 15.5 Å². The molecule has 1 unspecified atom stereocenters. The number of thioether (sulfide) groups is 1. The van der Waals surface area contributed by atoms with Crippen LogP contribution >= 0.6 is 35.0 Å². The molecule has 3 rings (SSSR count). The maximum Gasteiger partial charge on any atom is 0.237 e. The summed E-state index contributed by atoms with van der Waals surface area (Å²) in [6, 6.07) is 8.44. The van der Waals surface area contributed by atoms with Gasteiger partial charge in [0.1, 0.15) is 0 Å². The van der Waals surface area contributed by atoms with Crippen molar-refractivity contribution in [1.82, 2.24) is 14.8 Å². The summed E-state index contributed by atoms with van der Waals surface area (Å²) in [7, 11) is 0. The zero-order valence-electron chi connectivity index (χ0n) is 15.3. The highest BCUT2D eigenvalue weighted by molar-refractivity contribution is 8.00. The predicted octanol–water partition coefficient (Wildman–Crippen LogP) is 3.84. The van der Waals surface area contributed by atoms with Crippen molar-refractivity contribution < 1.29 is 14.0 Å². The van der Waals surface area contributed by atoms with E-state index in [1.807, 2.05) is 0 Å². The molecule has 0 bridgehead atoms. The first-order valence-electron chi connectivity index (χ1n) is 8.53. The zero-order valence-corrected chi connectivity index (χ0v) is 17.6. The molecule has 152 valence electrons. The number of nitrogens with two attached hydrogens (primary N) is 1. The monoisotopic (exact) mass is 453 g/mol. The summed E-state index contributed by atoms with van der Waals surface area (Å²) in [6.45, 7) is 1.98. The van der Waals surface area contributed by atoms with Gasteiger partial charge in [0.25, 0.3) is 0 Å². The highest BCUT2D eigenvalue weighted by Crippen LogP contribution is 2.31. The lowest BCUT2D eigenvalue weighted by molar-refractivity contribution is -0.118. The molecule has 1 atom stereocenters. The van der Waals surface area contributed by atoms with Crippen LogP contribution in [-0.4, -0.2) is 31.8 Å². The maximum atomic E-state index is 12.6. The number of rotatable bonds is 8. The molecule has 2 heterocycles. The fraction of sp³-hybridized carbons (Fsp3) is 0.222. The van der Waals surface area contributed by atoms with Crippen LogP contribution in [-0.2, 0) is 16.1 Å². The zero-order chi connectivity index (χ0) is 21.0. The second kappa shape index (κ2) is 9.34. The second-order valence-corrected chi connectivity index (χ2v) is 8.10. The Labute approximate surface area is 180 Å². The number of carbonyl (C=O) groups is 2. The molecule has 0 aliphatic heterocycles. The number of anilines is 1. The molecular formula is C18H17Cl2N5O3S. The van der Waals surface area contributed by atoms with Crippen LogP contribution < -0.4 is 11.1 Å². The number of amides is 2. The number of benzene rings is 1. The number of hydrogen-bond acceptors (Lipinski definition) is 6. The van der Waals surface area contributed by atoms with Gasteiger partial charge >= 0.3 is 0 Å². The highest BCUT2D eigenvalue weighted by Gasteiger charge is 2.22. The highest BCUT2D eigenvalue weighted by atomic mass is 35.5. The average molecular weight is 454 g/mol. The largest absolute Gasteiger partial charge is 0.461 e. The molecule has 0 aliphatic rings. The average Bonchev–Trinajstić information content (AvgIpc) is 3.33. The van der Waals surface area contributed by atoms with Gasteiger partial charge in [0.05, 0.1) is 27.2 Å². The van der Waals surface area contributed by atoms with E-state index in [4.69, 9.17) is 33.4 Å². The Morgan fingerprint density at radius 3 is 2.76 bits per heavy atom. The van der Waals surface area contributed by atoms with Gasteiger partial charge < -0.3 is 15.5 Å². The molecule has 11 heteroatoms. The van der Waals surface area contributed by atoms with Crippen molar-refractivity contribution in [3.05, 3.63) is 46.6 Å². The minimum Gasteiger partial charge on any atom is -0.461 e. The lowest BCUT2D eigenvalue weighted by Crippen LogP contribution is -2.23. The molecule has 2 amide bonds. The van der Waals surface area contributed by atoms with Crippen LogP contribution in [0.5, 0.6) is 0 Å². The van der Waals surface area contributed by atoms with Crippen molar-refractivity contribution in [3.63, 3.8) is 0 Å². The fourth-order valence-corrected chi connectivity index (χ4v) is 3.66. The van der Waals surface area contributed by atoms with E-state index in [1.165, 1.54) is 18.0 Å². The van der Waals surface area contributed by atoms with Gasteiger partial charge in [-0.2, -0.15) is 0 Å². The van der Waals surface area contributed by atoms with Crippen molar-refractivity contribution in [2.75, 3.05) is 5.32 Å². The summed E-state index contributed by atoms with van der Waals surface area (Å²) in [6.07, 6.45) is 1.61. The van der Waals surface area contributed by atoms with Gasteiger partial charge in [0.2, 0.25) is 11.8 Å². The number of aromatic nitrogens is 3. The van der Waals surface area contributed by atoms with Gasteiger partial charge in [-0.3, -0.25) is 14.2 Å². The van der Waals surface area contributed by atoms with E-state index in [-0.39, 0.29) is 23.9 Å². The molecule has 2 aromatic heterocycles. The van der Waals surface area contributed by atoms with Gasteiger partial charge in [-0.1, -0.05) is 41.0 Å². The summed E-state index contributed by atoms with van der Waals surface area (Å²) in [5, 5.41) is 11.6. The quantitative estimate of drug-likeness (QED) is 0.500. The molecule has 0 radical (unpaired) electrons. The Kier molecular flexibility index (Phi) is 6.83. The number of nitrogens with one attached hydrogen (secondary N) is 1. The lowest BCUT2D eigenvalue weighted by Gasteiger charge is -2.14. The van der Waals surface area contributed by atoms with E-state index >= 15 is 0 Å². The SMILES string of the molecule is CC(Sc1nnc(-c2ccco2)n1CCC(N)=O)C(=O)Nc1cccc(Cl)c1Cl. The number of halogens is 2. The van der Waals surface area contributed by atoms with Gasteiger partial charge in [-0.15, -0.1) is 10.2 Å². The Hall–Kier alpha value is -2.49. The van der Waals surface area contributed by atoms with Gasteiger partial charge in [0, 0.05) is 13.0 Å². The van der Waals surface area contributed by atoms with E-state index < -0.39 is 11.2 Å². The summed E-state index contributed by atoms with van der Waals surface area (Å²) in [5.41, 5.74) is 5.70. The van der Waals surface area contributed by atoms with Gasteiger partial charge in [0.15, 0.2) is 16.7 Å². The normalized spacial score (nSPS) is 12.0. The number of furan rings is 1. The van der Waals surface area contributed by atoms with Gasteiger partial charge in [-0.05, 0) is 31.2 Å². The summed E-state index contributed by atoms with van der Waals surface area (Å²) >= 11 is 13.3. The summed E-state index contributed by atoms with van der Waals surface area (Å²) in [4.78, 5) is 23.9. The van der Waals surface area contributed by atoms with Crippen molar-refractivity contribution >= 4 is 52.5 Å². The molecule has 1 aromatic carbocycles. The minimum absolute atomic E-state index is 0.0952. The van der Waals surface area contributed by atoms with E-state index in [1.54, 1.807) is 41.8 Å². The van der Waals surface area contributed by atoms with Crippen LogP contribution in [0.15, 0.2) is 46.2 Å². The third-order valence-corrected chi connectivity index (χ3v) is 5.80. The third-order valence-electron chi connectivity index (χ3n) is 3.90. The van der Waals surface area contributed by atoms with E-state index in [0.29, 0.717) is 27.5 Å². The Morgan fingerprint density at radius 1 is 1.28 bits per heavy atom. The molecule has 3 N–H and O–H groups in total. The second-order valence-electron chi connectivity index (χ2n) is 6.00. The number of carbonyl (C=O) groups excluding carboxylic acids is 2. The number of hydrogen-bond donors (Lipinski definition) is 2. The first-order chi connectivity index (χ1) is 13.9. The van der Waals surface area contributed by atoms with E-state index in [9.17, 15) is 9.59 Å². The summed E-state index contributed by atoms with van der Waals surface area (Å²) in [5.74, 6) is 0.200. The summed E-state index contributed by atoms with van der Waals surface area (Å²) < 4.78 is 7.08. The molecule has 8 nitrogen and oxygen atoms in total. The predicted molar refractivity (Wildman–Crippen MR) is 112 cm³/mol. The van der Waals surface area contributed by atoms with Crippen molar-refractivity contribution in [2.24, 2.45) is 5.73 Å². The van der Waals surface area contributed by atoms with Crippen molar-refractivity contribution in [3.8, 4) is 11.6 Å². The Bertz CT molecular complexity index is 1020. The first kappa shape index (κ1) is 21.2. The molecule has 0 aliphatic carbocycles. The standard InChI is InChI=1S/C18H17Cl2N5O3S/c1-10(17(27)22-12-5-2-4-11(19)15(12)20)29-18-24-23-16(13-6-3-9-28-13)25(18)8-7-14(21)26/h2-6,9-10H,7-8H2,1H3,(H2,21,26)(H,22,27). The first-order valence-corrected chi connectivity index (χ1v) is 10.2. The maximum absolute atomic E-state index is 12.6. The molecule has 0 fully saturated rings. The molecule has 3 aromatic rings.